The first-order valence-electron chi connectivity index (χ1n) is 16.6. The van der Waals surface area contributed by atoms with E-state index in [-0.39, 0.29) is 29.0 Å². The van der Waals surface area contributed by atoms with Crippen LogP contribution in [-0.2, 0) is 18.9 Å². The molecule has 17 atom stereocenters. The minimum Gasteiger partial charge on any atom is -0.394 e. The molecule has 9 heteroatoms. The molecule has 3 aliphatic heterocycles. The fraction of sp³-hybridized carbons (Fsp3) is 0.939. The lowest BCUT2D eigenvalue weighted by molar-refractivity contribution is -0.313. The first kappa shape index (κ1) is 30.1. The normalized spacial score (nSPS) is 59.0. The van der Waals surface area contributed by atoms with E-state index in [1.54, 1.807) is 0 Å². The monoisotopic (exact) mass is 592 g/mol. The molecule has 3 saturated carbocycles. The van der Waals surface area contributed by atoms with Gasteiger partial charge in [0.15, 0.2) is 12.1 Å². The van der Waals surface area contributed by atoms with E-state index in [0.29, 0.717) is 36.0 Å². The molecule has 4 aliphatic carbocycles. The van der Waals surface area contributed by atoms with Gasteiger partial charge in [0.2, 0.25) is 0 Å². The summed E-state index contributed by atoms with van der Waals surface area (Å²) in [6.45, 7) is 9.76. The zero-order chi connectivity index (χ0) is 29.8. The lowest BCUT2D eigenvalue weighted by Gasteiger charge is -2.59. The van der Waals surface area contributed by atoms with Crippen LogP contribution in [0.4, 0.5) is 0 Å². The fourth-order valence-electron chi connectivity index (χ4n) is 11.1. The molecular formula is C33H52O9. The van der Waals surface area contributed by atoms with Crippen molar-refractivity contribution in [3.63, 3.8) is 0 Å². The number of rotatable bonds is 3. The maximum Gasteiger partial charge on any atom is 0.186 e. The third-order valence-corrected chi connectivity index (χ3v) is 13.5. The number of aliphatic hydroxyl groups excluding tert-OH is 5. The van der Waals surface area contributed by atoms with Crippen LogP contribution in [0.25, 0.3) is 0 Å². The first-order chi connectivity index (χ1) is 19.9. The van der Waals surface area contributed by atoms with Gasteiger partial charge in [-0.1, -0.05) is 39.3 Å². The molecule has 1 spiro atoms. The lowest BCUT2D eigenvalue weighted by Crippen LogP contribution is -2.60. The van der Waals surface area contributed by atoms with Gasteiger partial charge in [-0.05, 0) is 85.4 Å². The number of ether oxygens (including phenoxy) is 4. The van der Waals surface area contributed by atoms with Gasteiger partial charge in [0.25, 0.3) is 0 Å². The third kappa shape index (κ3) is 4.28. The molecule has 42 heavy (non-hydrogen) atoms. The predicted octanol–water partition coefficient (Wildman–Crippen LogP) is 2.51. The van der Waals surface area contributed by atoms with Gasteiger partial charge >= 0.3 is 0 Å². The molecule has 9 nitrogen and oxygen atoms in total. The van der Waals surface area contributed by atoms with Gasteiger partial charge in [-0.25, -0.2) is 0 Å². The first-order valence-corrected chi connectivity index (χ1v) is 16.6. The maximum atomic E-state index is 11.8. The molecule has 3 heterocycles. The van der Waals surface area contributed by atoms with Crippen molar-refractivity contribution in [3.8, 4) is 0 Å². The summed E-state index contributed by atoms with van der Waals surface area (Å²) in [6.07, 6.45) is 2.78. The largest absolute Gasteiger partial charge is 0.394 e. The highest BCUT2D eigenvalue weighted by atomic mass is 16.7. The van der Waals surface area contributed by atoms with E-state index in [9.17, 15) is 25.5 Å². The summed E-state index contributed by atoms with van der Waals surface area (Å²) in [5.41, 5.74) is 1.30. The molecule has 0 unspecified atom stereocenters. The summed E-state index contributed by atoms with van der Waals surface area (Å²) >= 11 is 0. The summed E-state index contributed by atoms with van der Waals surface area (Å²) in [7, 11) is 0. The van der Waals surface area contributed by atoms with Crippen molar-refractivity contribution >= 4 is 0 Å². The molecule has 5 N–H and O–H groups in total. The Morgan fingerprint density at radius 1 is 0.952 bits per heavy atom. The van der Waals surface area contributed by atoms with Gasteiger partial charge in [-0.15, -0.1) is 0 Å². The number of fused-ring (bicyclic) bond motifs is 7. The minimum atomic E-state index is -1.46. The summed E-state index contributed by atoms with van der Waals surface area (Å²) in [5, 5.41) is 52.2. The highest BCUT2D eigenvalue weighted by Crippen LogP contribution is 2.70. The average Bonchev–Trinajstić information content (AvgIpc) is 3.41. The molecule has 0 aromatic heterocycles. The highest BCUT2D eigenvalue weighted by Gasteiger charge is 2.69. The van der Waals surface area contributed by atoms with Crippen molar-refractivity contribution in [2.75, 3.05) is 13.2 Å². The molecule has 7 aliphatic rings. The molecule has 0 bridgehead atoms. The Labute approximate surface area is 249 Å². The molecule has 0 aromatic rings. The van der Waals surface area contributed by atoms with Crippen molar-refractivity contribution in [1.82, 2.24) is 0 Å². The topological polar surface area (TPSA) is 138 Å². The van der Waals surface area contributed by atoms with Crippen LogP contribution in [0.3, 0.4) is 0 Å². The Kier molecular flexibility index (Phi) is 7.48. The number of hydrogen-bond donors (Lipinski definition) is 5. The van der Waals surface area contributed by atoms with Crippen LogP contribution < -0.4 is 0 Å². The predicted molar refractivity (Wildman–Crippen MR) is 152 cm³/mol. The van der Waals surface area contributed by atoms with Crippen LogP contribution in [0.15, 0.2) is 11.6 Å². The Morgan fingerprint density at radius 3 is 2.45 bits per heavy atom. The van der Waals surface area contributed by atoms with Crippen molar-refractivity contribution in [2.24, 2.45) is 46.3 Å². The summed E-state index contributed by atoms with van der Waals surface area (Å²) < 4.78 is 25.1. The molecule has 0 aromatic carbocycles. The number of hydrogen-bond acceptors (Lipinski definition) is 9. The van der Waals surface area contributed by atoms with E-state index >= 15 is 0 Å². The van der Waals surface area contributed by atoms with Crippen molar-refractivity contribution in [2.45, 2.75) is 134 Å². The minimum absolute atomic E-state index is 0.0333. The summed E-state index contributed by atoms with van der Waals surface area (Å²) in [5.74, 6) is 1.93. The second-order valence-corrected chi connectivity index (χ2v) is 15.6. The van der Waals surface area contributed by atoms with E-state index < -0.39 is 49.2 Å². The van der Waals surface area contributed by atoms with Crippen LogP contribution in [0.1, 0.15) is 79.1 Å². The Morgan fingerprint density at radius 2 is 1.74 bits per heavy atom. The number of aliphatic hydroxyl groups is 5. The van der Waals surface area contributed by atoms with E-state index in [0.717, 1.165) is 51.6 Å². The van der Waals surface area contributed by atoms with E-state index in [1.165, 1.54) is 5.57 Å². The van der Waals surface area contributed by atoms with Crippen LogP contribution in [0.5, 0.6) is 0 Å². The van der Waals surface area contributed by atoms with Gasteiger partial charge in [0.05, 0.1) is 31.5 Å². The van der Waals surface area contributed by atoms with E-state index in [1.807, 2.05) is 0 Å². The van der Waals surface area contributed by atoms with Crippen molar-refractivity contribution < 1.29 is 44.5 Å². The molecular weight excluding hydrogens is 540 g/mol. The Hall–Kier alpha value is -0.620. The zero-order valence-corrected chi connectivity index (χ0v) is 25.6. The van der Waals surface area contributed by atoms with Gasteiger partial charge in [-0.2, -0.15) is 0 Å². The molecule has 0 amide bonds. The molecule has 6 fully saturated rings. The van der Waals surface area contributed by atoms with Crippen LogP contribution >= 0.6 is 0 Å². The van der Waals surface area contributed by atoms with Crippen LogP contribution in [0.2, 0.25) is 0 Å². The zero-order valence-electron chi connectivity index (χ0n) is 25.6. The standard InChI is InChI=1S/C33H52O9/c1-16-5-10-33(39-15-16)17(2)26-23(42-33)13-21-25-20(7-9-32(21,26)4)31(3)8-6-19(11-18(31)12-22(25)35)40-30-29(38)28(37)27(36)24(14-34)41-30/h12,16-17,19-30,34-38H,5-11,13-15H2,1-4H3/t16-,17+,19+,20+,21+,22-,23+,24-,25-,26+,27-,28+,29-,30-,31+,32+,33-/m1/s1. The van der Waals surface area contributed by atoms with Crippen LogP contribution in [-0.4, -0.2) is 93.6 Å². The van der Waals surface area contributed by atoms with Crippen molar-refractivity contribution in [1.29, 1.82) is 0 Å². The van der Waals surface area contributed by atoms with Gasteiger partial charge in [0, 0.05) is 12.3 Å². The Bertz CT molecular complexity index is 1060. The molecule has 238 valence electrons. The van der Waals surface area contributed by atoms with Gasteiger partial charge in [-0.3, -0.25) is 0 Å². The average molecular weight is 593 g/mol. The summed E-state index contributed by atoms with van der Waals surface area (Å²) in [6, 6.07) is 0. The second kappa shape index (κ2) is 10.5. The van der Waals surface area contributed by atoms with E-state index in [4.69, 9.17) is 18.9 Å². The van der Waals surface area contributed by atoms with E-state index in [2.05, 4.69) is 33.8 Å². The highest BCUT2D eigenvalue weighted by molar-refractivity contribution is 5.29. The Balaban J connectivity index is 1.08. The smallest absolute Gasteiger partial charge is 0.186 e. The second-order valence-electron chi connectivity index (χ2n) is 15.6. The van der Waals surface area contributed by atoms with Crippen LogP contribution in [0, 0.1) is 46.3 Å². The molecule has 7 rings (SSSR count). The van der Waals surface area contributed by atoms with Gasteiger partial charge in [0.1, 0.15) is 24.4 Å². The van der Waals surface area contributed by atoms with Crippen molar-refractivity contribution in [3.05, 3.63) is 11.6 Å². The maximum absolute atomic E-state index is 11.8. The SMILES string of the molecule is C[C@@H]1CC[C@@]2(OC1)O[C@H]1C[C@H]3[C@@H]4[C@H](O)C=C5C[C@@H](O[C@@H]6O[C@H](CO)[C@@H](O)[C@H](O)[C@H]6O)CC[C@]5(C)[C@H]4CC[C@]3(C)[C@H]1[C@@H]2C. The fourth-order valence-corrected chi connectivity index (χ4v) is 11.1. The lowest BCUT2D eigenvalue weighted by atomic mass is 9.46. The third-order valence-electron chi connectivity index (χ3n) is 13.5. The molecule has 3 saturated heterocycles. The molecule has 0 radical (unpaired) electrons. The van der Waals surface area contributed by atoms with Gasteiger partial charge < -0.3 is 44.5 Å². The quantitative estimate of drug-likeness (QED) is 0.313. The summed E-state index contributed by atoms with van der Waals surface area (Å²) in [4.78, 5) is 0.